The fourth-order valence-electron chi connectivity index (χ4n) is 2.33. The Morgan fingerprint density at radius 3 is 2.44 bits per heavy atom. The van der Waals surface area contributed by atoms with Gasteiger partial charge in [0.25, 0.3) is 0 Å². The van der Waals surface area contributed by atoms with E-state index >= 15 is 0 Å². The third-order valence-corrected chi connectivity index (χ3v) is 3.34. The number of pyridine rings is 1. The van der Waals surface area contributed by atoms with Crippen LogP contribution in [-0.4, -0.2) is 54.2 Å². The lowest BCUT2D eigenvalue weighted by Gasteiger charge is -2.34. The average molecular weight is 249 g/mol. The first-order valence-corrected chi connectivity index (χ1v) is 6.14. The van der Waals surface area contributed by atoms with Crippen molar-refractivity contribution in [1.29, 1.82) is 0 Å². The minimum Gasteiger partial charge on any atom is -0.478 e. The molecule has 1 aliphatic heterocycles. The minimum atomic E-state index is -0.895. The van der Waals surface area contributed by atoms with Crippen LogP contribution in [0.4, 0.5) is 5.82 Å². The van der Waals surface area contributed by atoms with Gasteiger partial charge in [0.2, 0.25) is 0 Å². The first-order chi connectivity index (χ1) is 8.49. The molecule has 0 aliphatic carbocycles. The largest absolute Gasteiger partial charge is 0.478 e. The van der Waals surface area contributed by atoms with E-state index in [4.69, 9.17) is 0 Å². The van der Waals surface area contributed by atoms with Crippen molar-refractivity contribution in [3.05, 3.63) is 22.9 Å². The fourth-order valence-corrected chi connectivity index (χ4v) is 2.33. The number of hydrogen-bond donors (Lipinski definition) is 1. The summed E-state index contributed by atoms with van der Waals surface area (Å²) in [5, 5.41) is 9.34. The first-order valence-electron chi connectivity index (χ1n) is 6.14. The summed E-state index contributed by atoms with van der Waals surface area (Å²) in [5.41, 5.74) is 1.99. The van der Waals surface area contributed by atoms with Crippen molar-refractivity contribution in [3.63, 3.8) is 0 Å². The molecule has 5 nitrogen and oxygen atoms in total. The van der Waals surface area contributed by atoms with Crippen molar-refractivity contribution in [2.45, 2.75) is 13.8 Å². The maximum atomic E-state index is 11.4. The molecule has 0 saturated carbocycles. The van der Waals surface area contributed by atoms with Gasteiger partial charge in [0, 0.05) is 31.9 Å². The molecule has 0 spiro atoms. The number of anilines is 1. The van der Waals surface area contributed by atoms with E-state index < -0.39 is 5.97 Å². The SMILES string of the molecule is Cc1cc(C)c(C(=O)O)c(N2CCN(C)CC2)n1. The third kappa shape index (κ3) is 2.46. The Labute approximate surface area is 107 Å². The van der Waals surface area contributed by atoms with Gasteiger partial charge in [0.1, 0.15) is 11.4 Å². The molecule has 1 N–H and O–H groups in total. The van der Waals surface area contributed by atoms with Crippen LogP contribution in [0.15, 0.2) is 6.07 Å². The van der Waals surface area contributed by atoms with Crippen LogP contribution < -0.4 is 4.90 Å². The molecule has 98 valence electrons. The summed E-state index contributed by atoms with van der Waals surface area (Å²) in [4.78, 5) is 20.1. The highest BCUT2D eigenvalue weighted by Crippen LogP contribution is 2.23. The topological polar surface area (TPSA) is 56.7 Å². The molecule has 5 heteroatoms. The van der Waals surface area contributed by atoms with Crippen molar-refractivity contribution in [1.82, 2.24) is 9.88 Å². The van der Waals surface area contributed by atoms with E-state index in [1.165, 1.54) is 0 Å². The highest BCUT2D eigenvalue weighted by atomic mass is 16.4. The maximum Gasteiger partial charge on any atom is 0.339 e. The molecule has 0 radical (unpaired) electrons. The predicted octanol–water partition coefficient (Wildman–Crippen LogP) is 1.15. The molecule has 2 rings (SSSR count). The van der Waals surface area contributed by atoms with Crippen molar-refractivity contribution < 1.29 is 9.90 Å². The summed E-state index contributed by atoms with van der Waals surface area (Å²) in [6.07, 6.45) is 0. The average Bonchev–Trinajstić information content (AvgIpc) is 2.28. The Morgan fingerprint density at radius 2 is 1.89 bits per heavy atom. The van der Waals surface area contributed by atoms with Gasteiger partial charge >= 0.3 is 5.97 Å². The van der Waals surface area contributed by atoms with Gasteiger partial charge in [0.15, 0.2) is 0 Å². The Bertz CT molecular complexity index is 466. The summed E-state index contributed by atoms with van der Waals surface area (Å²) < 4.78 is 0. The summed E-state index contributed by atoms with van der Waals surface area (Å²) in [6, 6.07) is 1.82. The Hall–Kier alpha value is -1.62. The second-order valence-electron chi connectivity index (χ2n) is 4.87. The number of aryl methyl sites for hydroxylation is 2. The van der Waals surface area contributed by atoms with E-state index in [-0.39, 0.29) is 0 Å². The third-order valence-electron chi connectivity index (χ3n) is 3.34. The summed E-state index contributed by atoms with van der Waals surface area (Å²) in [7, 11) is 2.07. The van der Waals surface area contributed by atoms with Gasteiger partial charge in [0.05, 0.1) is 0 Å². The normalized spacial score (nSPS) is 16.9. The van der Waals surface area contributed by atoms with Crippen molar-refractivity contribution >= 4 is 11.8 Å². The second kappa shape index (κ2) is 4.94. The molecule has 1 aliphatic rings. The number of likely N-dealkylation sites (N-methyl/N-ethyl adjacent to an activating group) is 1. The van der Waals surface area contributed by atoms with Crippen LogP contribution in [0, 0.1) is 13.8 Å². The molecule has 0 atom stereocenters. The highest BCUT2D eigenvalue weighted by molar-refractivity contribution is 5.95. The number of carboxylic acids is 1. The number of hydrogen-bond acceptors (Lipinski definition) is 4. The van der Waals surface area contributed by atoms with Crippen LogP contribution in [0.25, 0.3) is 0 Å². The van der Waals surface area contributed by atoms with Gasteiger partial charge in [-0.2, -0.15) is 0 Å². The molecule has 1 saturated heterocycles. The molecule has 0 bridgehead atoms. The zero-order valence-electron chi connectivity index (χ0n) is 11.1. The molecular formula is C13H19N3O2. The van der Waals surface area contributed by atoms with E-state index in [1.807, 2.05) is 19.9 Å². The molecule has 0 amide bonds. The van der Waals surface area contributed by atoms with E-state index in [0.29, 0.717) is 11.4 Å². The van der Waals surface area contributed by atoms with Crippen LogP contribution in [-0.2, 0) is 0 Å². The number of nitrogens with zero attached hydrogens (tertiary/aromatic N) is 3. The van der Waals surface area contributed by atoms with Crippen LogP contribution in [0.1, 0.15) is 21.6 Å². The minimum absolute atomic E-state index is 0.338. The molecule has 0 aromatic carbocycles. The van der Waals surface area contributed by atoms with E-state index in [0.717, 1.165) is 37.4 Å². The number of piperazine rings is 1. The van der Waals surface area contributed by atoms with Gasteiger partial charge in [-0.05, 0) is 32.5 Å². The van der Waals surface area contributed by atoms with Gasteiger partial charge in [-0.25, -0.2) is 9.78 Å². The Morgan fingerprint density at radius 1 is 1.28 bits per heavy atom. The number of carbonyl (C=O) groups is 1. The Kier molecular flexibility index (Phi) is 3.52. The van der Waals surface area contributed by atoms with Gasteiger partial charge in [-0.15, -0.1) is 0 Å². The van der Waals surface area contributed by atoms with Crippen molar-refractivity contribution in [2.24, 2.45) is 0 Å². The molecule has 1 aromatic rings. The predicted molar refractivity (Wildman–Crippen MR) is 70.4 cm³/mol. The standard InChI is InChI=1S/C13H19N3O2/c1-9-8-10(2)14-12(11(9)13(17)18)16-6-4-15(3)5-7-16/h8H,4-7H2,1-3H3,(H,17,18). The maximum absolute atomic E-state index is 11.4. The lowest BCUT2D eigenvalue weighted by molar-refractivity contribution is 0.0696. The monoisotopic (exact) mass is 249 g/mol. The fraction of sp³-hybridized carbons (Fsp3) is 0.538. The summed E-state index contributed by atoms with van der Waals surface area (Å²) >= 11 is 0. The summed E-state index contributed by atoms with van der Waals surface area (Å²) in [5.74, 6) is -0.276. The smallest absolute Gasteiger partial charge is 0.339 e. The molecular weight excluding hydrogens is 230 g/mol. The lowest BCUT2D eigenvalue weighted by atomic mass is 10.1. The summed E-state index contributed by atoms with van der Waals surface area (Å²) in [6.45, 7) is 7.26. The molecule has 1 aromatic heterocycles. The first kappa shape index (κ1) is 12.8. The zero-order valence-corrected chi connectivity index (χ0v) is 11.1. The van der Waals surface area contributed by atoms with E-state index in [1.54, 1.807) is 0 Å². The number of rotatable bonds is 2. The van der Waals surface area contributed by atoms with Crippen LogP contribution in [0.2, 0.25) is 0 Å². The van der Waals surface area contributed by atoms with Crippen molar-refractivity contribution in [2.75, 3.05) is 38.1 Å². The van der Waals surface area contributed by atoms with E-state index in [2.05, 4.69) is 21.8 Å². The van der Waals surface area contributed by atoms with E-state index in [9.17, 15) is 9.90 Å². The quantitative estimate of drug-likeness (QED) is 0.852. The zero-order chi connectivity index (χ0) is 13.3. The second-order valence-corrected chi connectivity index (χ2v) is 4.87. The molecule has 2 heterocycles. The van der Waals surface area contributed by atoms with Gasteiger partial charge in [-0.1, -0.05) is 0 Å². The number of aromatic carboxylic acids is 1. The Balaban J connectivity index is 2.39. The molecule has 18 heavy (non-hydrogen) atoms. The van der Waals surface area contributed by atoms with Gasteiger partial charge < -0.3 is 14.9 Å². The number of carboxylic acid groups (broad SMARTS) is 1. The highest BCUT2D eigenvalue weighted by Gasteiger charge is 2.23. The van der Waals surface area contributed by atoms with Crippen LogP contribution in [0.5, 0.6) is 0 Å². The molecule has 0 unspecified atom stereocenters. The lowest BCUT2D eigenvalue weighted by Crippen LogP contribution is -2.45. The van der Waals surface area contributed by atoms with Crippen LogP contribution >= 0.6 is 0 Å². The van der Waals surface area contributed by atoms with Crippen molar-refractivity contribution in [3.8, 4) is 0 Å². The van der Waals surface area contributed by atoms with Crippen LogP contribution in [0.3, 0.4) is 0 Å². The van der Waals surface area contributed by atoms with Gasteiger partial charge in [-0.3, -0.25) is 0 Å². The number of aromatic nitrogens is 1. The molecule has 1 fully saturated rings.